The molecular weight excluding hydrogens is 516 g/mol. The van der Waals surface area contributed by atoms with E-state index < -0.39 is 0 Å². The van der Waals surface area contributed by atoms with Crippen molar-refractivity contribution in [3.8, 4) is 0 Å². The zero-order chi connectivity index (χ0) is 27.8. The number of imide groups is 1. The van der Waals surface area contributed by atoms with Gasteiger partial charge in [-0.15, -0.1) is 0 Å². The van der Waals surface area contributed by atoms with Crippen LogP contribution in [0.1, 0.15) is 57.1 Å². The summed E-state index contributed by atoms with van der Waals surface area (Å²) >= 11 is 0. The monoisotopic (exact) mass is 558 g/mol. The molecule has 41 heavy (non-hydrogen) atoms. The summed E-state index contributed by atoms with van der Waals surface area (Å²) in [6.07, 6.45) is 6.62. The molecule has 3 saturated carbocycles. The van der Waals surface area contributed by atoms with Gasteiger partial charge >= 0.3 is 6.03 Å². The Morgan fingerprint density at radius 1 is 0.902 bits per heavy atom. The first-order valence-corrected chi connectivity index (χ1v) is 16.0. The predicted octanol–water partition coefficient (Wildman–Crippen LogP) is 3.44. The van der Waals surface area contributed by atoms with Gasteiger partial charge in [0.2, 0.25) is 11.8 Å². The van der Waals surface area contributed by atoms with E-state index in [1.807, 2.05) is 4.90 Å². The normalized spacial score (nSPS) is 37.6. The fourth-order valence-electron chi connectivity index (χ4n) is 10.1. The average Bonchev–Trinajstić information content (AvgIpc) is 3.82. The van der Waals surface area contributed by atoms with E-state index in [1.165, 1.54) is 23.9 Å². The molecule has 0 spiro atoms. The maximum Gasteiger partial charge on any atom is 0.317 e. The number of rotatable bonds is 6. The van der Waals surface area contributed by atoms with Gasteiger partial charge in [-0.2, -0.15) is 5.10 Å². The number of carbonyl (C=O) groups excluding carboxylic acids is 3. The minimum Gasteiger partial charge on any atom is -0.336 e. The summed E-state index contributed by atoms with van der Waals surface area (Å²) in [6.45, 7) is 7.39. The number of amides is 4. The van der Waals surface area contributed by atoms with Gasteiger partial charge < -0.3 is 15.1 Å². The van der Waals surface area contributed by atoms with Crippen LogP contribution in [0.4, 0.5) is 4.79 Å². The maximum absolute atomic E-state index is 13.8. The average molecular weight is 559 g/mol. The van der Waals surface area contributed by atoms with Crippen molar-refractivity contribution in [2.45, 2.75) is 57.4 Å². The lowest BCUT2D eigenvalue weighted by Crippen LogP contribution is -2.50. The Kier molecular flexibility index (Phi) is 6.16. The maximum atomic E-state index is 13.8. The summed E-state index contributed by atoms with van der Waals surface area (Å²) in [4.78, 5) is 46.3. The third-order valence-corrected chi connectivity index (χ3v) is 12.1. The highest BCUT2D eigenvalue weighted by molar-refractivity contribution is 6.06. The Hall–Kier alpha value is -2.94. The molecule has 8 atom stereocenters. The van der Waals surface area contributed by atoms with Crippen molar-refractivity contribution in [3.05, 3.63) is 30.0 Å². The van der Waals surface area contributed by atoms with Crippen LogP contribution in [0, 0.1) is 41.4 Å². The summed E-state index contributed by atoms with van der Waals surface area (Å²) in [5.74, 6) is 1.79. The molecule has 0 radical (unpaired) electrons. The number of nitrogens with one attached hydrogen (secondary N) is 2. The number of H-pyrrole nitrogens is 1. The van der Waals surface area contributed by atoms with E-state index in [2.05, 4.69) is 51.6 Å². The second kappa shape index (κ2) is 9.82. The number of hydrogen-bond acceptors (Lipinski definition) is 5. The van der Waals surface area contributed by atoms with Gasteiger partial charge in [-0.05, 0) is 80.8 Å². The summed E-state index contributed by atoms with van der Waals surface area (Å²) in [7, 11) is 0. The molecule has 9 heteroatoms. The van der Waals surface area contributed by atoms with E-state index in [4.69, 9.17) is 0 Å². The Balaban J connectivity index is 0.906. The van der Waals surface area contributed by atoms with E-state index in [1.54, 1.807) is 4.90 Å². The molecule has 2 bridgehead atoms. The van der Waals surface area contributed by atoms with Gasteiger partial charge in [0.25, 0.3) is 0 Å². The summed E-state index contributed by atoms with van der Waals surface area (Å²) in [5.41, 5.74) is 2.33. The minimum atomic E-state index is -0.223. The van der Waals surface area contributed by atoms with Crippen LogP contribution in [0.25, 0.3) is 10.9 Å². The largest absolute Gasteiger partial charge is 0.336 e. The molecular formula is C32H42N6O3. The van der Waals surface area contributed by atoms with Crippen LogP contribution in [-0.4, -0.2) is 88.1 Å². The first-order valence-electron chi connectivity index (χ1n) is 16.0. The highest BCUT2D eigenvalue weighted by Crippen LogP contribution is 2.60. The molecule has 1 aromatic heterocycles. The molecule has 6 unspecified atom stereocenters. The van der Waals surface area contributed by atoms with Crippen molar-refractivity contribution < 1.29 is 14.4 Å². The van der Waals surface area contributed by atoms with Crippen molar-refractivity contribution >= 4 is 28.7 Å². The SMILES string of the molecule is CC1C2CC(C3C(=O)N(C[C@H]4CCC[C@@H]4CN4CCC(c5n[nH]c6ccccc56)CC4)C(=O)C23)C1N1CCNC1=O. The number of para-hydroxylation sites is 1. The van der Waals surface area contributed by atoms with Crippen LogP contribution in [0.5, 0.6) is 0 Å². The molecule has 3 saturated heterocycles. The first kappa shape index (κ1) is 25.7. The van der Waals surface area contributed by atoms with E-state index in [0.29, 0.717) is 37.4 Å². The van der Waals surface area contributed by atoms with Crippen molar-refractivity contribution in [3.63, 3.8) is 0 Å². The number of carbonyl (C=O) groups is 3. The number of fused-ring (bicyclic) bond motifs is 6. The lowest BCUT2D eigenvalue weighted by molar-refractivity contribution is -0.141. The van der Waals surface area contributed by atoms with Crippen molar-refractivity contribution in [2.75, 3.05) is 39.3 Å². The zero-order valence-corrected chi connectivity index (χ0v) is 24.0. The Bertz CT molecular complexity index is 1370. The number of aromatic amines is 1. The van der Waals surface area contributed by atoms with Gasteiger partial charge in [0, 0.05) is 43.5 Å². The quantitative estimate of drug-likeness (QED) is 0.529. The second-order valence-electron chi connectivity index (χ2n) is 13.9. The molecule has 3 aliphatic carbocycles. The standard InChI is InChI=1S/C32H42N6O3/c1-18-23-15-24(29(18)37-14-11-33-32(37)41)27-26(23)30(39)38(31(27)40)17-21-6-4-5-20(21)16-36-12-9-19(10-13-36)28-22-7-2-3-8-25(22)34-35-28/h2-3,7-8,18-21,23-24,26-27,29H,4-6,9-17H2,1H3,(H,33,41)(H,34,35)/t18?,20-,21-,23?,24?,26?,27?,29?/m1/s1. The van der Waals surface area contributed by atoms with Crippen LogP contribution in [0.15, 0.2) is 24.3 Å². The number of hydrogen-bond donors (Lipinski definition) is 2. The van der Waals surface area contributed by atoms with Crippen LogP contribution in [0.3, 0.4) is 0 Å². The molecule has 6 aliphatic rings. The third kappa shape index (κ3) is 3.97. The fourth-order valence-corrected chi connectivity index (χ4v) is 10.1. The Morgan fingerprint density at radius 3 is 2.39 bits per heavy atom. The number of benzene rings is 1. The topological polar surface area (TPSA) is 102 Å². The zero-order valence-electron chi connectivity index (χ0n) is 24.0. The summed E-state index contributed by atoms with van der Waals surface area (Å²) in [5, 5.41) is 12.1. The minimum absolute atomic E-state index is 0.00452. The van der Waals surface area contributed by atoms with Crippen LogP contribution in [-0.2, 0) is 9.59 Å². The molecule has 9 nitrogen and oxygen atoms in total. The molecule has 2 N–H and O–H groups in total. The van der Waals surface area contributed by atoms with E-state index in [9.17, 15) is 14.4 Å². The number of likely N-dealkylation sites (tertiary alicyclic amines) is 2. The number of nitrogens with zero attached hydrogens (tertiary/aromatic N) is 4. The van der Waals surface area contributed by atoms with Crippen LogP contribution >= 0.6 is 0 Å². The molecule has 4 heterocycles. The lowest BCUT2D eigenvalue weighted by Gasteiger charge is -2.38. The highest BCUT2D eigenvalue weighted by atomic mass is 16.2. The second-order valence-corrected chi connectivity index (χ2v) is 13.9. The van der Waals surface area contributed by atoms with Gasteiger partial charge in [-0.25, -0.2) is 4.79 Å². The first-order chi connectivity index (χ1) is 20.0. The van der Waals surface area contributed by atoms with Crippen molar-refractivity contribution in [2.24, 2.45) is 41.4 Å². The van der Waals surface area contributed by atoms with E-state index in [-0.39, 0.29) is 53.5 Å². The molecule has 4 amide bonds. The highest BCUT2D eigenvalue weighted by Gasteiger charge is 2.67. The van der Waals surface area contributed by atoms with Crippen LogP contribution in [0.2, 0.25) is 0 Å². The van der Waals surface area contributed by atoms with E-state index >= 15 is 0 Å². The summed E-state index contributed by atoms with van der Waals surface area (Å²) in [6, 6.07) is 8.50. The van der Waals surface area contributed by atoms with Gasteiger partial charge in [0.05, 0.1) is 23.0 Å². The Morgan fingerprint density at radius 2 is 1.63 bits per heavy atom. The predicted molar refractivity (Wildman–Crippen MR) is 154 cm³/mol. The van der Waals surface area contributed by atoms with Gasteiger partial charge in [0.1, 0.15) is 0 Å². The van der Waals surface area contributed by atoms with Crippen molar-refractivity contribution in [1.82, 2.24) is 30.2 Å². The van der Waals surface area contributed by atoms with Gasteiger partial charge in [-0.3, -0.25) is 19.6 Å². The summed E-state index contributed by atoms with van der Waals surface area (Å²) < 4.78 is 0. The van der Waals surface area contributed by atoms with Crippen molar-refractivity contribution in [1.29, 1.82) is 0 Å². The Labute approximate surface area is 241 Å². The molecule has 6 fully saturated rings. The van der Waals surface area contributed by atoms with Gasteiger partial charge in [-0.1, -0.05) is 31.5 Å². The molecule has 218 valence electrons. The van der Waals surface area contributed by atoms with Gasteiger partial charge in [0.15, 0.2) is 0 Å². The molecule has 3 aliphatic heterocycles. The molecule has 1 aromatic carbocycles. The fraction of sp³-hybridized carbons (Fsp3) is 0.688. The number of urea groups is 1. The molecule has 8 rings (SSSR count). The van der Waals surface area contributed by atoms with E-state index in [0.717, 1.165) is 50.8 Å². The molecule has 2 aromatic rings. The third-order valence-electron chi connectivity index (χ3n) is 12.1. The number of aromatic nitrogens is 2. The lowest BCUT2D eigenvalue weighted by atomic mass is 9.72. The van der Waals surface area contributed by atoms with Crippen LogP contribution < -0.4 is 5.32 Å². The smallest absolute Gasteiger partial charge is 0.317 e. The number of piperidine rings is 1.